The largest absolute Gasteiger partial charge is 0.301 e. The molecule has 0 aliphatic rings. The standard InChI is InChI=1S/C14H16N2/c1-11-7-6-8-12(2)14(11)16-15-13-9-4-3-5-10-13/h3-10,15-16H,1-2H3. The molecule has 0 aliphatic heterocycles. The predicted molar refractivity (Wildman–Crippen MR) is 69.6 cm³/mol. The zero-order chi connectivity index (χ0) is 11.4. The molecule has 0 saturated heterocycles. The highest BCUT2D eigenvalue weighted by atomic mass is 15.4. The van der Waals surface area contributed by atoms with Gasteiger partial charge in [0.05, 0.1) is 11.4 Å². The highest BCUT2D eigenvalue weighted by Gasteiger charge is 2.00. The summed E-state index contributed by atoms with van der Waals surface area (Å²) in [6, 6.07) is 16.3. The first-order valence-corrected chi connectivity index (χ1v) is 5.40. The van der Waals surface area contributed by atoms with Crippen LogP contribution in [0, 0.1) is 13.8 Å². The Morgan fingerprint density at radius 2 is 1.31 bits per heavy atom. The molecule has 2 rings (SSSR count). The number of anilines is 2. The Bertz CT molecular complexity index is 443. The molecule has 2 aromatic rings. The Kier molecular flexibility index (Phi) is 3.10. The number of hydrogen-bond donors (Lipinski definition) is 2. The minimum absolute atomic E-state index is 1.06. The van der Waals surface area contributed by atoms with Gasteiger partial charge in [-0.1, -0.05) is 36.4 Å². The second-order valence-electron chi connectivity index (χ2n) is 3.88. The maximum atomic E-state index is 3.25. The van der Waals surface area contributed by atoms with Crippen LogP contribution in [0.4, 0.5) is 11.4 Å². The molecule has 0 bridgehead atoms. The maximum absolute atomic E-state index is 3.25. The molecule has 0 radical (unpaired) electrons. The van der Waals surface area contributed by atoms with E-state index < -0.39 is 0 Å². The zero-order valence-electron chi connectivity index (χ0n) is 9.62. The highest BCUT2D eigenvalue weighted by molar-refractivity contribution is 5.60. The van der Waals surface area contributed by atoms with Crippen molar-refractivity contribution in [1.82, 2.24) is 0 Å². The van der Waals surface area contributed by atoms with Crippen LogP contribution >= 0.6 is 0 Å². The number of hydrogen-bond acceptors (Lipinski definition) is 2. The lowest BCUT2D eigenvalue weighted by atomic mass is 10.1. The Hall–Kier alpha value is -1.96. The van der Waals surface area contributed by atoms with Crippen LogP contribution in [0.3, 0.4) is 0 Å². The van der Waals surface area contributed by atoms with E-state index in [0.29, 0.717) is 0 Å². The summed E-state index contributed by atoms with van der Waals surface area (Å²) in [5.41, 5.74) is 11.1. The van der Waals surface area contributed by atoms with Crippen molar-refractivity contribution in [2.24, 2.45) is 0 Å². The van der Waals surface area contributed by atoms with E-state index >= 15 is 0 Å². The first-order chi connectivity index (χ1) is 7.77. The van der Waals surface area contributed by atoms with E-state index in [-0.39, 0.29) is 0 Å². The molecule has 0 fully saturated rings. The second kappa shape index (κ2) is 4.71. The quantitative estimate of drug-likeness (QED) is 0.757. The molecule has 0 aromatic heterocycles. The third kappa shape index (κ3) is 2.34. The molecule has 0 saturated carbocycles. The van der Waals surface area contributed by atoms with Gasteiger partial charge in [-0.3, -0.25) is 0 Å². The van der Waals surface area contributed by atoms with Crippen molar-refractivity contribution >= 4 is 11.4 Å². The van der Waals surface area contributed by atoms with Gasteiger partial charge in [-0.2, -0.15) is 0 Å². The van der Waals surface area contributed by atoms with Gasteiger partial charge >= 0.3 is 0 Å². The van der Waals surface area contributed by atoms with Crippen LogP contribution in [0.2, 0.25) is 0 Å². The van der Waals surface area contributed by atoms with Gasteiger partial charge in [0.2, 0.25) is 0 Å². The molecule has 2 N–H and O–H groups in total. The molecule has 2 heteroatoms. The van der Waals surface area contributed by atoms with Gasteiger partial charge in [0.15, 0.2) is 0 Å². The third-order valence-electron chi connectivity index (χ3n) is 2.59. The molecule has 2 aromatic carbocycles. The van der Waals surface area contributed by atoms with Crippen molar-refractivity contribution in [2.45, 2.75) is 13.8 Å². The number of nitrogens with one attached hydrogen (secondary N) is 2. The lowest BCUT2D eigenvalue weighted by Gasteiger charge is -2.14. The Labute approximate surface area is 96.3 Å². The van der Waals surface area contributed by atoms with E-state index in [1.807, 2.05) is 30.3 Å². The van der Waals surface area contributed by atoms with Gasteiger partial charge in [-0.25, -0.2) is 0 Å². The monoisotopic (exact) mass is 212 g/mol. The van der Waals surface area contributed by atoms with Gasteiger partial charge in [0, 0.05) is 0 Å². The first kappa shape index (κ1) is 10.6. The van der Waals surface area contributed by atoms with Crippen LogP contribution in [-0.4, -0.2) is 0 Å². The average molecular weight is 212 g/mol. The van der Waals surface area contributed by atoms with Crippen molar-refractivity contribution in [2.75, 3.05) is 10.9 Å². The van der Waals surface area contributed by atoms with E-state index in [4.69, 9.17) is 0 Å². The second-order valence-corrected chi connectivity index (χ2v) is 3.88. The van der Waals surface area contributed by atoms with Gasteiger partial charge in [-0.05, 0) is 37.1 Å². The topological polar surface area (TPSA) is 24.1 Å². The van der Waals surface area contributed by atoms with E-state index in [9.17, 15) is 0 Å². The molecule has 0 atom stereocenters. The van der Waals surface area contributed by atoms with Crippen molar-refractivity contribution in [3.63, 3.8) is 0 Å². The Morgan fingerprint density at radius 1 is 0.688 bits per heavy atom. The summed E-state index contributed by atoms with van der Waals surface area (Å²) in [4.78, 5) is 0. The molecular weight excluding hydrogens is 196 g/mol. The molecule has 0 amide bonds. The molecule has 0 unspecified atom stereocenters. The molecule has 0 spiro atoms. The van der Waals surface area contributed by atoms with Crippen molar-refractivity contribution < 1.29 is 0 Å². The SMILES string of the molecule is Cc1cccc(C)c1NNc1ccccc1. The summed E-state index contributed by atoms with van der Waals surface area (Å²) in [7, 11) is 0. The Balaban J connectivity index is 2.11. The summed E-state index contributed by atoms with van der Waals surface area (Å²) in [6.45, 7) is 4.20. The number of para-hydroxylation sites is 2. The van der Waals surface area contributed by atoms with Crippen molar-refractivity contribution in [3.05, 3.63) is 59.7 Å². The smallest absolute Gasteiger partial charge is 0.0598 e. The van der Waals surface area contributed by atoms with Crippen LogP contribution in [0.1, 0.15) is 11.1 Å². The van der Waals surface area contributed by atoms with Crippen LogP contribution in [0.25, 0.3) is 0 Å². The number of benzene rings is 2. The summed E-state index contributed by atoms with van der Waals surface area (Å²) in [5, 5.41) is 0. The van der Waals surface area contributed by atoms with Gasteiger partial charge < -0.3 is 10.9 Å². The number of hydrazine groups is 1. The molecule has 2 nitrogen and oxygen atoms in total. The average Bonchev–Trinajstić information content (AvgIpc) is 2.30. The fourth-order valence-corrected chi connectivity index (χ4v) is 1.67. The molecule has 82 valence electrons. The fraction of sp³-hybridized carbons (Fsp3) is 0.143. The van der Waals surface area contributed by atoms with Crippen LogP contribution in [0.15, 0.2) is 48.5 Å². The normalized spacial score (nSPS) is 9.88. The van der Waals surface area contributed by atoms with Crippen LogP contribution in [-0.2, 0) is 0 Å². The van der Waals surface area contributed by atoms with Gasteiger partial charge in [-0.15, -0.1) is 0 Å². The highest BCUT2D eigenvalue weighted by Crippen LogP contribution is 2.19. The summed E-state index contributed by atoms with van der Waals surface area (Å²) in [6.07, 6.45) is 0. The summed E-state index contributed by atoms with van der Waals surface area (Å²) < 4.78 is 0. The van der Waals surface area contributed by atoms with Crippen molar-refractivity contribution in [3.8, 4) is 0 Å². The summed E-state index contributed by atoms with van der Waals surface area (Å²) in [5.74, 6) is 0. The van der Waals surface area contributed by atoms with E-state index in [0.717, 1.165) is 11.4 Å². The maximum Gasteiger partial charge on any atom is 0.0598 e. The zero-order valence-corrected chi connectivity index (χ0v) is 9.62. The molecule has 0 aliphatic carbocycles. The lowest BCUT2D eigenvalue weighted by molar-refractivity contribution is 1.31. The molecule has 0 heterocycles. The first-order valence-electron chi connectivity index (χ1n) is 5.40. The van der Waals surface area contributed by atoms with Crippen LogP contribution < -0.4 is 10.9 Å². The Morgan fingerprint density at radius 3 is 1.94 bits per heavy atom. The summed E-state index contributed by atoms with van der Waals surface area (Å²) >= 11 is 0. The van der Waals surface area contributed by atoms with E-state index in [1.165, 1.54) is 11.1 Å². The van der Waals surface area contributed by atoms with Crippen molar-refractivity contribution in [1.29, 1.82) is 0 Å². The van der Waals surface area contributed by atoms with Crippen LogP contribution in [0.5, 0.6) is 0 Å². The molecule has 16 heavy (non-hydrogen) atoms. The third-order valence-corrected chi connectivity index (χ3v) is 2.59. The predicted octanol–water partition coefficient (Wildman–Crippen LogP) is 3.74. The minimum atomic E-state index is 1.06. The number of aryl methyl sites for hydroxylation is 2. The number of rotatable bonds is 3. The van der Waals surface area contributed by atoms with E-state index in [1.54, 1.807) is 0 Å². The molecular formula is C14H16N2. The minimum Gasteiger partial charge on any atom is -0.301 e. The van der Waals surface area contributed by atoms with E-state index in [2.05, 4.69) is 42.9 Å². The van der Waals surface area contributed by atoms with Gasteiger partial charge in [0.1, 0.15) is 0 Å². The lowest BCUT2D eigenvalue weighted by Crippen LogP contribution is -2.10. The fourth-order valence-electron chi connectivity index (χ4n) is 1.67. The van der Waals surface area contributed by atoms with Gasteiger partial charge in [0.25, 0.3) is 0 Å².